The van der Waals surface area contributed by atoms with Gasteiger partial charge in [0.25, 0.3) is 0 Å². The highest BCUT2D eigenvalue weighted by Crippen LogP contribution is 2.27. The molecule has 0 aromatic heterocycles. The fourth-order valence-electron chi connectivity index (χ4n) is 2.82. The lowest BCUT2D eigenvalue weighted by Crippen LogP contribution is -2.46. The number of hydrogen-bond donors (Lipinski definition) is 2. The van der Waals surface area contributed by atoms with E-state index in [-0.39, 0.29) is 0 Å². The molecular weight excluding hydrogens is 212 g/mol. The average Bonchev–Trinajstić information content (AvgIpc) is 2.18. The molecule has 0 radical (unpaired) electrons. The SMILES string of the molecule is CC1CCC(CNCC(C)(O)CN(C)C)CC1. The van der Waals surface area contributed by atoms with E-state index >= 15 is 0 Å². The molecule has 1 aliphatic carbocycles. The number of likely N-dealkylation sites (N-methyl/N-ethyl adjacent to an activating group) is 1. The third-order valence-electron chi connectivity index (χ3n) is 3.73. The van der Waals surface area contributed by atoms with Gasteiger partial charge < -0.3 is 15.3 Å². The Hall–Kier alpha value is -0.120. The maximum Gasteiger partial charge on any atom is 0.0869 e. The molecule has 3 nitrogen and oxygen atoms in total. The van der Waals surface area contributed by atoms with E-state index in [9.17, 15) is 5.11 Å². The van der Waals surface area contributed by atoms with Crippen LogP contribution in [0.15, 0.2) is 0 Å². The molecule has 17 heavy (non-hydrogen) atoms. The van der Waals surface area contributed by atoms with Crippen LogP contribution in [0.1, 0.15) is 39.5 Å². The Morgan fingerprint density at radius 3 is 2.35 bits per heavy atom. The summed E-state index contributed by atoms with van der Waals surface area (Å²) in [5.41, 5.74) is -0.620. The van der Waals surface area contributed by atoms with Crippen molar-refractivity contribution in [2.24, 2.45) is 11.8 Å². The molecule has 0 saturated heterocycles. The van der Waals surface area contributed by atoms with Crippen molar-refractivity contribution in [1.29, 1.82) is 0 Å². The van der Waals surface area contributed by atoms with Crippen molar-refractivity contribution >= 4 is 0 Å². The molecule has 0 aliphatic heterocycles. The molecule has 102 valence electrons. The number of hydrogen-bond acceptors (Lipinski definition) is 3. The zero-order chi connectivity index (χ0) is 12.9. The molecule has 0 bridgehead atoms. The lowest BCUT2D eigenvalue weighted by molar-refractivity contribution is 0.0326. The summed E-state index contributed by atoms with van der Waals surface area (Å²) in [6.07, 6.45) is 5.45. The summed E-state index contributed by atoms with van der Waals surface area (Å²) in [5, 5.41) is 13.6. The molecule has 0 heterocycles. The van der Waals surface area contributed by atoms with Crippen molar-refractivity contribution in [2.75, 3.05) is 33.7 Å². The molecule has 1 rings (SSSR count). The van der Waals surface area contributed by atoms with E-state index in [0.717, 1.165) is 18.4 Å². The highest BCUT2D eigenvalue weighted by atomic mass is 16.3. The summed E-state index contributed by atoms with van der Waals surface area (Å²) in [5.74, 6) is 1.74. The quantitative estimate of drug-likeness (QED) is 0.744. The Balaban J connectivity index is 2.14. The zero-order valence-corrected chi connectivity index (χ0v) is 12.0. The van der Waals surface area contributed by atoms with Crippen molar-refractivity contribution < 1.29 is 5.11 Å². The maximum atomic E-state index is 10.2. The second-order valence-electron chi connectivity index (χ2n) is 6.49. The predicted octanol–water partition coefficient (Wildman–Crippen LogP) is 1.71. The lowest BCUT2D eigenvalue weighted by atomic mass is 9.83. The van der Waals surface area contributed by atoms with Gasteiger partial charge in [0, 0.05) is 13.1 Å². The Bertz CT molecular complexity index is 208. The van der Waals surface area contributed by atoms with Gasteiger partial charge in [-0.15, -0.1) is 0 Å². The van der Waals surface area contributed by atoms with Crippen LogP contribution >= 0.6 is 0 Å². The van der Waals surface area contributed by atoms with Crippen molar-refractivity contribution in [2.45, 2.75) is 45.1 Å². The van der Waals surface area contributed by atoms with E-state index < -0.39 is 5.60 Å². The first kappa shape index (κ1) is 14.9. The van der Waals surface area contributed by atoms with Gasteiger partial charge in [0.2, 0.25) is 0 Å². The van der Waals surface area contributed by atoms with Crippen LogP contribution in [0.5, 0.6) is 0 Å². The molecule has 0 aromatic rings. The first-order valence-electron chi connectivity index (χ1n) is 6.97. The van der Waals surface area contributed by atoms with Gasteiger partial charge in [0.15, 0.2) is 0 Å². The molecule has 0 spiro atoms. The second kappa shape index (κ2) is 6.72. The lowest BCUT2D eigenvalue weighted by Gasteiger charge is -2.30. The molecule has 1 fully saturated rings. The summed E-state index contributed by atoms with van der Waals surface area (Å²) in [4.78, 5) is 2.03. The first-order valence-corrected chi connectivity index (χ1v) is 6.97. The van der Waals surface area contributed by atoms with Gasteiger partial charge in [-0.25, -0.2) is 0 Å². The Kier molecular flexibility index (Phi) is 5.90. The standard InChI is InChI=1S/C14H30N2O/c1-12-5-7-13(8-6-12)9-15-10-14(2,17)11-16(3)4/h12-13,15,17H,5-11H2,1-4H3. The fraction of sp³-hybridized carbons (Fsp3) is 1.00. The molecule has 1 saturated carbocycles. The summed E-state index contributed by atoms with van der Waals surface area (Å²) in [6, 6.07) is 0. The molecule has 2 N–H and O–H groups in total. The van der Waals surface area contributed by atoms with Crippen LogP contribution in [0, 0.1) is 11.8 Å². The van der Waals surface area contributed by atoms with Gasteiger partial charge in [0.1, 0.15) is 0 Å². The van der Waals surface area contributed by atoms with E-state index in [0.29, 0.717) is 13.1 Å². The minimum Gasteiger partial charge on any atom is -0.388 e. The highest BCUT2D eigenvalue weighted by Gasteiger charge is 2.22. The highest BCUT2D eigenvalue weighted by molar-refractivity contribution is 4.79. The molecule has 1 atom stereocenters. The fourth-order valence-corrected chi connectivity index (χ4v) is 2.82. The number of nitrogens with zero attached hydrogens (tertiary/aromatic N) is 1. The average molecular weight is 242 g/mol. The van der Waals surface area contributed by atoms with Crippen LogP contribution < -0.4 is 5.32 Å². The topological polar surface area (TPSA) is 35.5 Å². The minimum absolute atomic E-state index is 0.620. The summed E-state index contributed by atoms with van der Waals surface area (Å²) in [7, 11) is 3.99. The van der Waals surface area contributed by atoms with Gasteiger partial charge in [-0.3, -0.25) is 0 Å². The second-order valence-corrected chi connectivity index (χ2v) is 6.49. The van der Waals surface area contributed by atoms with E-state index in [1.165, 1.54) is 25.7 Å². The smallest absolute Gasteiger partial charge is 0.0869 e. The Labute approximate surface area is 107 Å². The first-order chi connectivity index (χ1) is 7.89. The minimum atomic E-state index is -0.620. The third-order valence-corrected chi connectivity index (χ3v) is 3.73. The van der Waals surface area contributed by atoms with Gasteiger partial charge >= 0.3 is 0 Å². The maximum absolute atomic E-state index is 10.2. The van der Waals surface area contributed by atoms with E-state index in [1.807, 2.05) is 25.9 Å². The summed E-state index contributed by atoms with van der Waals surface area (Å²) < 4.78 is 0. The van der Waals surface area contributed by atoms with E-state index in [2.05, 4.69) is 12.2 Å². The summed E-state index contributed by atoms with van der Waals surface area (Å²) >= 11 is 0. The Morgan fingerprint density at radius 1 is 1.24 bits per heavy atom. The number of rotatable bonds is 6. The normalized spacial score (nSPS) is 29.3. The Morgan fingerprint density at radius 2 is 1.82 bits per heavy atom. The number of aliphatic hydroxyl groups is 1. The van der Waals surface area contributed by atoms with Crippen LogP contribution in [-0.4, -0.2) is 49.3 Å². The molecule has 0 aromatic carbocycles. The van der Waals surface area contributed by atoms with Crippen LogP contribution in [0.2, 0.25) is 0 Å². The van der Waals surface area contributed by atoms with Crippen LogP contribution in [0.4, 0.5) is 0 Å². The van der Waals surface area contributed by atoms with Gasteiger partial charge in [-0.2, -0.15) is 0 Å². The zero-order valence-electron chi connectivity index (χ0n) is 12.0. The third kappa shape index (κ3) is 6.39. The van der Waals surface area contributed by atoms with Gasteiger partial charge in [-0.05, 0) is 52.2 Å². The molecule has 1 unspecified atom stereocenters. The largest absolute Gasteiger partial charge is 0.388 e. The van der Waals surface area contributed by atoms with Crippen molar-refractivity contribution in [3.8, 4) is 0 Å². The van der Waals surface area contributed by atoms with Gasteiger partial charge in [0.05, 0.1) is 5.60 Å². The molecular formula is C14H30N2O. The van der Waals surface area contributed by atoms with Crippen LogP contribution in [0.3, 0.4) is 0 Å². The van der Waals surface area contributed by atoms with Gasteiger partial charge in [-0.1, -0.05) is 19.8 Å². The molecule has 3 heteroatoms. The van der Waals surface area contributed by atoms with Crippen LogP contribution in [0.25, 0.3) is 0 Å². The predicted molar refractivity (Wildman–Crippen MR) is 73.2 cm³/mol. The summed E-state index contributed by atoms with van der Waals surface area (Å²) in [6.45, 7) is 6.73. The van der Waals surface area contributed by atoms with Crippen molar-refractivity contribution in [3.05, 3.63) is 0 Å². The van der Waals surface area contributed by atoms with Crippen LogP contribution in [-0.2, 0) is 0 Å². The monoisotopic (exact) mass is 242 g/mol. The molecule has 0 amide bonds. The molecule has 1 aliphatic rings. The van der Waals surface area contributed by atoms with E-state index in [1.54, 1.807) is 0 Å². The van der Waals surface area contributed by atoms with E-state index in [4.69, 9.17) is 0 Å². The number of nitrogens with one attached hydrogen (secondary N) is 1. The van der Waals surface area contributed by atoms with Crippen molar-refractivity contribution in [1.82, 2.24) is 10.2 Å². The van der Waals surface area contributed by atoms with Crippen molar-refractivity contribution in [3.63, 3.8) is 0 Å².